The van der Waals surface area contributed by atoms with E-state index in [1.54, 1.807) is 6.07 Å². The van der Waals surface area contributed by atoms with E-state index in [4.69, 9.17) is 4.84 Å². The molecule has 4 nitrogen and oxygen atoms in total. The molecule has 0 atom stereocenters. The van der Waals surface area contributed by atoms with E-state index in [-0.39, 0.29) is 11.6 Å². The van der Waals surface area contributed by atoms with Gasteiger partial charge in [0.25, 0.3) is 0 Å². The van der Waals surface area contributed by atoms with E-state index in [1.807, 2.05) is 18.2 Å². The highest BCUT2D eigenvalue weighted by molar-refractivity contribution is 5.96. The fourth-order valence-electron chi connectivity index (χ4n) is 2.99. The standard InChI is InChI=1S/C15H20N2O2/c18-14-12-8-4-5-9-13(12)16-15(17-19-14)10-6-2-1-3-7-11-15/h4-5,8-9,16-17H,1-3,6-7,10-11H2. The normalized spacial score (nSPS) is 22.4. The van der Waals surface area contributed by atoms with Crippen molar-refractivity contribution in [2.45, 2.75) is 50.6 Å². The van der Waals surface area contributed by atoms with Crippen molar-refractivity contribution in [1.82, 2.24) is 5.48 Å². The largest absolute Gasteiger partial charge is 0.364 e. The van der Waals surface area contributed by atoms with Gasteiger partial charge in [-0.2, -0.15) is 0 Å². The van der Waals surface area contributed by atoms with Crippen LogP contribution in [0.2, 0.25) is 0 Å². The molecule has 1 aromatic carbocycles. The van der Waals surface area contributed by atoms with Crippen LogP contribution in [0.1, 0.15) is 55.3 Å². The van der Waals surface area contributed by atoms with Crippen LogP contribution in [-0.4, -0.2) is 11.6 Å². The van der Waals surface area contributed by atoms with Crippen molar-refractivity contribution in [2.75, 3.05) is 5.32 Å². The molecule has 1 spiro atoms. The fourth-order valence-corrected chi connectivity index (χ4v) is 2.99. The molecule has 0 saturated heterocycles. The molecule has 0 radical (unpaired) electrons. The zero-order chi connectivity index (χ0) is 13.1. The lowest BCUT2D eigenvalue weighted by Gasteiger charge is -2.35. The monoisotopic (exact) mass is 260 g/mol. The Balaban J connectivity index is 1.90. The summed E-state index contributed by atoms with van der Waals surface area (Å²) in [6, 6.07) is 7.55. The van der Waals surface area contributed by atoms with Gasteiger partial charge in [-0.05, 0) is 37.8 Å². The average Bonchev–Trinajstić information content (AvgIpc) is 2.54. The Morgan fingerprint density at radius 3 is 2.47 bits per heavy atom. The van der Waals surface area contributed by atoms with E-state index in [9.17, 15) is 4.79 Å². The molecule has 1 fully saturated rings. The molecule has 19 heavy (non-hydrogen) atoms. The molecule has 0 amide bonds. The van der Waals surface area contributed by atoms with Gasteiger partial charge in [0.05, 0.1) is 11.3 Å². The molecule has 1 saturated carbocycles. The minimum atomic E-state index is -0.304. The lowest BCUT2D eigenvalue weighted by atomic mass is 9.91. The second-order valence-electron chi connectivity index (χ2n) is 5.51. The van der Waals surface area contributed by atoms with Crippen LogP contribution >= 0.6 is 0 Å². The Morgan fingerprint density at radius 1 is 1.00 bits per heavy atom. The molecule has 1 aliphatic carbocycles. The van der Waals surface area contributed by atoms with Gasteiger partial charge in [-0.15, -0.1) is 5.48 Å². The summed E-state index contributed by atoms with van der Waals surface area (Å²) >= 11 is 0. The first-order valence-corrected chi connectivity index (χ1v) is 7.15. The van der Waals surface area contributed by atoms with Gasteiger partial charge < -0.3 is 10.2 Å². The molecule has 2 N–H and O–H groups in total. The van der Waals surface area contributed by atoms with Gasteiger partial charge >= 0.3 is 5.97 Å². The topological polar surface area (TPSA) is 50.4 Å². The van der Waals surface area contributed by atoms with Crippen LogP contribution in [0.3, 0.4) is 0 Å². The predicted molar refractivity (Wildman–Crippen MR) is 73.7 cm³/mol. The molecular formula is C15H20N2O2. The fraction of sp³-hybridized carbons (Fsp3) is 0.533. The van der Waals surface area contributed by atoms with Crippen molar-refractivity contribution in [3.05, 3.63) is 29.8 Å². The number of hydroxylamine groups is 1. The third-order valence-electron chi connectivity index (χ3n) is 4.07. The highest BCUT2D eigenvalue weighted by Crippen LogP contribution is 2.31. The van der Waals surface area contributed by atoms with Crippen molar-refractivity contribution >= 4 is 11.7 Å². The SMILES string of the molecule is O=C1ONC2(CCCCCCC2)Nc2ccccc21. The number of benzene rings is 1. The lowest BCUT2D eigenvalue weighted by Crippen LogP contribution is -2.51. The first-order valence-electron chi connectivity index (χ1n) is 7.15. The van der Waals surface area contributed by atoms with E-state index < -0.39 is 0 Å². The van der Waals surface area contributed by atoms with Crippen molar-refractivity contribution in [1.29, 1.82) is 0 Å². The van der Waals surface area contributed by atoms with Gasteiger partial charge in [0.15, 0.2) is 0 Å². The Kier molecular flexibility index (Phi) is 3.42. The average molecular weight is 260 g/mol. The van der Waals surface area contributed by atoms with Crippen molar-refractivity contribution in [2.24, 2.45) is 0 Å². The maximum atomic E-state index is 12.0. The Hall–Kier alpha value is -1.55. The zero-order valence-corrected chi connectivity index (χ0v) is 11.1. The minimum Gasteiger partial charge on any atom is -0.364 e. The van der Waals surface area contributed by atoms with Crippen molar-refractivity contribution in [3.63, 3.8) is 0 Å². The maximum absolute atomic E-state index is 12.0. The first-order chi connectivity index (χ1) is 9.29. The van der Waals surface area contributed by atoms with Gasteiger partial charge in [0.1, 0.15) is 5.66 Å². The number of fused-ring (bicyclic) bond motifs is 1. The second-order valence-corrected chi connectivity index (χ2v) is 5.51. The smallest absolute Gasteiger partial charge is 0.359 e. The number of rotatable bonds is 0. The first kappa shape index (κ1) is 12.5. The Morgan fingerprint density at radius 2 is 1.68 bits per heavy atom. The van der Waals surface area contributed by atoms with Gasteiger partial charge in [-0.1, -0.05) is 31.4 Å². The van der Waals surface area contributed by atoms with Crippen LogP contribution < -0.4 is 10.8 Å². The van der Waals surface area contributed by atoms with E-state index in [1.165, 1.54) is 19.3 Å². The molecule has 0 bridgehead atoms. The third kappa shape index (κ3) is 2.59. The third-order valence-corrected chi connectivity index (χ3v) is 4.07. The summed E-state index contributed by atoms with van der Waals surface area (Å²) in [5.74, 6) is -0.304. The molecule has 102 valence electrons. The number of carbonyl (C=O) groups excluding carboxylic acids is 1. The summed E-state index contributed by atoms with van der Waals surface area (Å²) in [5, 5.41) is 3.52. The van der Waals surface area contributed by atoms with E-state index in [0.717, 1.165) is 31.4 Å². The second kappa shape index (κ2) is 5.21. The van der Waals surface area contributed by atoms with Gasteiger partial charge in [-0.3, -0.25) is 0 Å². The van der Waals surface area contributed by atoms with Gasteiger partial charge in [0.2, 0.25) is 0 Å². The molecule has 3 rings (SSSR count). The number of para-hydroxylation sites is 1. The predicted octanol–water partition coefficient (Wildman–Crippen LogP) is 3.21. The van der Waals surface area contributed by atoms with E-state index in [2.05, 4.69) is 10.8 Å². The lowest BCUT2D eigenvalue weighted by molar-refractivity contribution is -0.00285. The maximum Gasteiger partial charge on any atom is 0.359 e. The Labute approximate surface area is 113 Å². The molecule has 1 heterocycles. The summed E-state index contributed by atoms with van der Waals surface area (Å²) in [6.07, 6.45) is 8.08. The quantitative estimate of drug-likeness (QED) is 0.752. The summed E-state index contributed by atoms with van der Waals surface area (Å²) in [7, 11) is 0. The molecule has 0 unspecified atom stereocenters. The molecule has 1 aromatic rings. The Bertz CT molecular complexity index is 465. The summed E-state index contributed by atoms with van der Waals surface area (Å²) in [4.78, 5) is 17.2. The number of carbonyl (C=O) groups is 1. The number of hydrogen-bond acceptors (Lipinski definition) is 4. The van der Waals surface area contributed by atoms with Gasteiger partial charge in [-0.25, -0.2) is 4.79 Å². The molecule has 0 aromatic heterocycles. The zero-order valence-electron chi connectivity index (χ0n) is 11.1. The van der Waals surface area contributed by atoms with Crippen LogP contribution in [0.5, 0.6) is 0 Å². The van der Waals surface area contributed by atoms with Crippen LogP contribution in [0, 0.1) is 0 Å². The highest BCUT2D eigenvalue weighted by atomic mass is 16.7. The molecule has 4 heteroatoms. The summed E-state index contributed by atoms with van der Waals surface area (Å²) in [5.41, 5.74) is 4.18. The van der Waals surface area contributed by atoms with E-state index in [0.29, 0.717) is 5.56 Å². The van der Waals surface area contributed by atoms with Crippen LogP contribution in [0.4, 0.5) is 5.69 Å². The molecule has 2 aliphatic rings. The molecular weight excluding hydrogens is 240 g/mol. The number of hydrogen-bond donors (Lipinski definition) is 2. The minimum absolute atomic E-state index is 0.303. The molecule has 1 aliphatic heterocycles. The van der Waals surface area contributed by atoms with Crippen LogP contribution in [0.25, 0.3) is 0 Å². The summed E-state index contributed by atoms with van der Waals surface area (Å²) in [6.45, 7) is 0. The van der Waals surface area contributed by atoms with Crippen molar-refractivity contribution in [3.8, 4) is 0 Å². The highest BCUT2D eigenvalue weighted by Gasteiger charge is 2.35. The van der Waals surface area contributed by atoms with Crippen molar-refractivity contribution < 1.29 is 9.63 Å². The number of nitrogens with one attached hydrogen (secondary N) is 2. The van der Waals surface area contributed by atoms with Crippen LogP contribution in [-0.2, 0) is 4.84 Å². The van der Waals surface area contributed by atoms with Crippen LogP contribution in [0.15, 0.2) is 24.3 Å². The number of anilines is 1. The van der Waals surface area contributed by atoms with Gasteiger partial charge in [0, 0.05) is 0 Å². The summed E-state index contributed by atoms with van der Waals surface area (Å²) < 4.78 is 0. The van der Waals surface area contributed by atoms with E-state index >= 15 is 0 Å².